The van der Waals surface area contributed by atoms with Crippen molar-refractivity contribution in [3.63, 3.8) is 0 Å². The lowest BCUT2D eigenvalue weighted by molar-refractivity contribution is 0.0449. The molecule has 7 nitrogen and oxygen atoms in total. The molecule has 1 heterocycles. The Morgan fingerprint density at radius 3 is 2.61 bits per heavy atom. The van der Waals surface area contributed by atoms with Crippen molar-refractivity contribution in [2.75, 3.05) is 39.5 Å². The lowest BCUT2D eigenvalue weighted by Gasteiger charge is -2.08. The number of hydrogen-bond acceptors (Lipinski definition) is 8. The molecule has 0 fully saturated rings. The molecule has 1 aromatic heterocycles. The summed E-state index contributed by atoms with van der Waals surface area (Å²) in [6.07, 6.45) is 1.85. The predicted octanol–water partition coefficient (Wildman–Crippen LogP) is 1.01. The van der Waals surface area contributed by atoms with E-state index in [1.807, 2.05) is 13.1 Å². The van der Waals surface area contributed by atoms with Crippen molar-refractivity contribution in [3.05, 3.63) is 11.9 Å². The van der Waals surface area contributed by atoms with Crippen LogP contribution in [-0.4, -0.2) is 65.2 Å². The van der Waals surface area contributed by atoms with Gasteiger partial charge in [-0.2, -0.15) is 12.6 Å². The maximum atomic E-state index is 5.50. The molecule has 0 saturated heterocycles. The maximum Gasteiger partial charge on any atom is 0.108 e. The zero-order chi connectivity index (χ0) is 16.9. The van der Waals surface area contributed by atoms with Crippen LogP contribution in [0.1, 0.15) is 19.5 Å². The Labute approximate surface area is 149 Å². The number of ether oxygens (including phenoxy) is 3. The topological polar surface area (TPSA) is 70.4 Å². The number of nitrogens with one attached hydrogen (secondary N) is 1. The molecule has 134 valence electrons. The molecular formula is C14H28N4O3S2. The molecule has 1 rings (SSSR count). The van der Waals surface area contributed by atoms with Gasteiger partial charge in [-0.05, 0) is 6.92 Å². The molecular weight excluding hydrogens is 336 g/mol. The molecule has 2 atom stereocenters. The van der Waals surface area contributed by atoms with Crippen molar-refractivity contribution in [3.8, 4) is 0 Å². The van der Waals surface area contributed by atoms with E-state index in [1.54, 1.807) is 4.68 Å². The van der Waals surface area contributed by atoms with Crippen LogP contribution in [0.2, 0.25) is 0 Å². The van der Waals surface area contributed by atoms with E-state index < -0.39 is 0 Å². The zero-order valence-electron chi connectivity index (χ0n) is 13.8. The highest BCUT2D eigenvalue weighted by Crippen LogP contribution is 2.02. The minimum atomic E-state index is -0.111. The molecule has 9 heteroatoms. The Bertz CT molecular complexity index is 405. The van der Waals surface area contributed by atoms with Gasteiger partial charge in [0.1, 0.15) is 5.69 Å². The molecule has 0 amide bonds. The van der Waals surface area contributed by atoms with Gasteiger partial charge in [0.15, 0.2) is 0 Å². The van der Waals surface area contributed by atoms with E-state index >= 15 is 0 Å². The van der Waals surface area contributed by atoms with Crippen molar-refractivity contribution in [1.29, 1.82) is 0 Å². The van der Waals surface area contributed by atoms with Gasteiger partial charge in [-0.25, -0.2) is 4.68 Å². The van der Waals surface area contributed by atoms with E-state index in [4.69, 9.17) is 14.2 Å². The van der Waals surface area contributed by atoms with Crippen LogP contribution in [0.4, 0.5) is 0 Å². The van der Waals surface area contributed by atoms with Crippen LogP contribution in [0.25, 0.3) is 0 Å². The molecule has 0 radical (unpaired) electrons. The molecule has 0 spiro atoms. The first-order chi connectivity index (χ1) is 11.1. The molecule has 0 aliphatic rings. The highest BCUT2D eigenvalue weighted by Gasteiger charge is 2.02. The molecule has 0 saturated carbocycles. The van der Waals surface area contributed by atoms with Gasteiger partial charge >= 0.3 is 0 Å². The Kier molecular flexibility index (Phi) is 11.7. The lowest BCUT2D eigenvalue weighted by Crippen LogP contribution is -2.25. The Balaban J connectivity index is 1.93. The summed E-state index contributed by atoms with van der Waals surface area (Å²) in [4.78, 5) is 0. The smallest absolute Gasteiger partial charge is 0.108 e. The van der Waals surface area contributed by atoms with Gasteiger partial charge < -0.3 is 19.5 Å². The van der Waals surface area contributed by atoms with E-state index in [9.17, 15) is 0 Å². The van der Waals surface area contributed by atoms with E-state index in [1.165, 1.54) is 0 Å². The number of thiol groups is 2. The quantitative estimate of drug-likeness (QED) is 0.260. The summed E-state index contributed by atoms with van der Waals surface area (Å²) in [5, 5.41) is 11.6. The van der Waals surface area contributed by atoms with E-state index in [0.717, 1.165) is 18.8 Å². The van der Waals surface area contributed by atoms with Gasteiger partial charge in [-0.3, -0.25) is 0 Å². The van der Waals surface area contributed by atoms with Crippen LogP contribution in [0.15, 0.2) is 6.20 Å². The number of rotatable bonds is 14. The molecule has 1 aromatic rings. The normalized spacial score (nSPS) is 14.1. The second kappa shape index (κ2) is 13.0. The van der Waals surface area contributed by atoms with Gasteiger partial charge in [0.25, 0.3) is 0 Å². The SMILES string of the molecule is CC(S)CNCCOCCOCCn1cc(COC(C)S)nn1. The molecule has 0 aromatic carbocycles. The van der Waals surface area contributed by atoms with Gasteiger partial charge in [-0.1, -0.05) is 12.1 Å². The van der Waals surface area contributed by atoms with Gasteiger partial charge in [0, 0.05) is 18.3 Å². The third kappa shape index (κ3) is 11.8. The summed E-state index contributed by atoms with van der Waals surface area (Å²) in [6, 6.07) is 0. The minimum Gasteiger partial charge on any atom is -0.378 e. The van der Waals surface area contributed by atoms with Crippen LogP contribution < -0.4 is 5.32 Å². The van der Waals surface area contributed by atoms with Crippen molar-refractivity contribution < 1.29 is 14.2 Å². The fourth-order valence-electron chi connectivity index (χ4n) is 1.66. The van der Waals surface area contributed by atoms with Crippen molar-refractivity contribution in [2.45, 2.75) is 37.7 Å². The summed E-state index contributed by atoms with van der Waals surface area (Å²) in [6.45, 7) is 9.13. The highest BCUT2D eigenvalue weighted by atomic mass is 32.1. The van der Waals surface area contributed by atoms with Crippen LogP contribution in [0.3, 0.4) is 0 Å². The Morgan fingerprint density at radius 1 is 1.17 bits per heavy atom. The first-order valence-electron chi connectivity index (χ1n) is 7.81. The first kappa shape index (κ1) is 20.7. The van der Waals surface area contributed by atoms with Gasteiger partial charge in [0.05, 0.1) is 51.2 Å². The van der Waals surface area contributed by atoms with Crippen LogP contribution in [0, 0.1) is 0 Å². The lowest BCUT2D eigenvalue weighted by atomic mass is 10.4. The molecule has 0 aliphatic carbocycles. The molecule has 0 aliphatic heterocycles. The Hall–Kier alpha value is -0.320. The summed E-state index contributed by atoms with van der Waals surface area (Å²) >= 11 is 8.43. The number of nitrogens with zero attached hydrogens (tertiary/aromatic N) is 3. The van der Waals surface area contributed by atoms with E-state index in [2.05, 4.69) is 47.8 Å². The predicted molar refractivity (Wildman–Crippen MR) is 96.2 cm³/mol. The number of aromatic nitrogens is 3. The first-order valence-corrected chi connectivity index (χ1v) is 8.84. The second-order valence-corrected chi connectivity index (χ2v) is 6.77. The summed E-state index contributed by atoms with van der Waals surface area (Å²) in [5.41, 5.74) is 0.678. The maximum absolute atomic E-state index is 5.50. The van der Waals surface area contributed by atoms with Crippen molar-refractivity contribution in [1.82, 2.24) is 20.3 Å². The molecule has 0 bridgehead atoms. The average Bonchev–Trinajstić information content (AvgIpc) is 2.94. The summed E-state index contributed by atoms with van der Waals surface area (Å²) in [7, 11) is 0. The molecule has 2 unspecified atom stereocenters. The monoisotopic (exact) mass is 364 g/mol. The molecule has 1 N–H and O–H groups in total. The third-order valence-electron chi connectivity index (χ3n) is 2.76. The van der Waals surface area contributed by atoms with Gasteiger partial charge in [-0.15, -0.1) is 17.7 Å². The second-order valence-electron chi connectivity index (χ2n) is 5.16. The third-order valence-corrected chi connectivity index (χ3v) is 3.09. The molecule has 23 heavy (non-hydrogen) atoms. The van der Waals surface area contributed by atoms with Crippen molar-refractivity contribution >= 4 is 25.3 Å². The Morgan fingerprint density at radius 2 is 1.91 bits per heavy atom. The summed E-state index contributed by atoms with van der Waals surface area (Å²) < 4.78 is 18.0. The fourth-order valence-corrected chi connectivity index (χ4v) is 1.86. The van der Waals surface area contributed by atoms with E-state index in [-0.39, 0.29) is 5.44 Å². The summed E-state index contributed by atoms with van der Waals surface area (Å²) in [5.74, 6) is 0. The largest absolute Gasteiger partial charge is 0.378 e. The van der Waals surface area contributed by atoms with Crippen LogP contribution >= 0.6 is 25.3 Å². The number of hydrogen-bond donors (Lipinski definition) is 3. The fraction of sp³-hybridized carbons (Fsp3) is 0.857. The zero-order valence-corrected chi connectivity index (χ0v) is 15.6. The van der Waals surface area contributed by atoms with Crippen LogP contribution in [-0.2, 0) is 27.4 Å². The standard InChI is InChI=1S/C14H28N4O3S2/c1-12(22)9-15-3-5-19-7-8-20-6-4-18-10-14(16-17-18)11-21-13(2)23/h10,12-13,15,22-23H,3-9,11H2,1-2H3. The average molecular weight is 365 g/mol. The van der Waals surface area contributed by atoms with Crippen molar-refractivity contribution in [2.24, 2.45) is 0 Å². The van der Waals surface area contributed by atoms with Crippen LogP contribution in [0.5, 0.6) is 0 Å². The van der Waals surface area contributed by atoms with E-state index in [0.29, 0.717) is 44.8 Å². The highest BCUT2D eigenvalue weighted by molar-refractivity contribution is 7.81. The van der Waals surface area contributed by atoms with Gasteiger partial charge in [0.2, 0.25) is 0 Å². The minimum absolute atomic E-state index is 0.111.